The van der Waals surface area contributed by atoms with Crippen molar-refractivity contribution in [2.75, 3.05) is 0 Å². The van der Waals surface area contributed by atoms with E-state index in [0.717, 1.165) is 16.3 Å². The van der Waals surface area contributed by atoms with E-state index >= 15 is 0 Å². The van der Waals surface area contributed by atoms with Crippen molar-refractivity contribution < 1.29 is 5.11 Å². The largest absolute Gasteiger partial charge is 0.386 e. The zero-order valence-electron chi connectivity index (χ0n) is 9.47. The molecule has 0 saturated carbocycles. The van der Waals surface area contributed by atoms with Crippen molar-refractivity contribution >= 4 is 11.3 Å². The number of aliphatic hydroxyl groups excluding tert-OH is 1. The van der Waals surface area contributed by atoms with Gasteiger partial charge in [-0.25, -0.2) is 4.98 Å². The smallest absolute Gasteiger partial charge is 0.101 e. The number of aliphatic hydroxyl groups is 1. The van der Waals surface area contributed by atoms with E-state index in [9.17, 15) is 5.11 Å². The molecule has 0 spiro atoms. The molecule has 0 bridgehead atoms. The van der Waals surface area contributed by atoms with Crippen molar-refractivity contribution in [3.05, 3.63) is 51.5 Å². The van der Waals surface area contributed by atoms with Gasteiger partial charge in [-0.1, -0.05) is 29.8 Å². The molecular formula is C13H15NOS. The molecule has 0 aliphatic carbocycles. The summed E-state index contributed by atoms with van der Waals surface area (Å²) in [4.78, 5) is 4.29. The van der Waals surface area contributed by atoms with Crippen LogP contribution in [0.5, 0.6) is 0 Å². The van der Waals surface area contributed by atoms with Crippen molar-refractivity contribution in [1.29, 1.82) is 0 Å². The highest BCUT2D eigenvalue weighted by Crippen LogP contribution is 2.20. The van der Waals surface area contributed by atoms with Crippen LogP contribution in [-0.2, 0) is 6.42 Å². The monoisotopic (exact) mass is 233 g/mol. The van der Waals surface area contributed by atoms with Gasteiger partial charge >= 0.3 is 0 Å². The fourth-order valence-corrected chi connectivity index (χ4v) is 2.24. The third-order valence-electron chi connectivity index (χ3n) is 2.53. The van der Waals surface area contributed by atoms with Crippen LogP contribution in [0.4, 0.5) is 0 Å². The summed E-state index contributed by atoms with van der Waals surface area (Å²) in [5, 5.41) is 12.9. The Morgan fingerprint density at radius 1 is 1.25 bits per heavy atom. The van der Waals surface area contributed by atoms with Gasteiger partial charge in [-0.05, 0) is 19.4 Å². The number of hydrogen-bond acceptors (Lipinski definition) is 3. The fraction of sp³-hybridized carbons (Fsp3) is 0.308. The number of aryl methyl sites for hydroxylation is 2. The van der Waals surface area contributed by atoms with E-state index < -0.39 is 6.10 Å². The highest BCUT2D eigenvalue weighted by Gasteiger charge is 2.11. The molecule has 2 rings (SSSR count). The van der Waals surface area contributed by atoms with E-state index in [-0.39, 0.29) is 0 Å². The average molecular weight is 233 g/mol. The van der Waals surface area contributed by atoms with Gasteiger partial charge in [-0.2, -0.15) is 0 Å². The van der Waals surface area contributed by atoms with Crippen molar-refractivity contribution in [2.45, 2.75) is 26.4 Å². The maximum absolute atomic E-state index is 10.0. The molecule has 0 aliphatic heterocycles. The molecule has 1 heterocycles. The summed E-state index contributed by atoms with van der Waals surface area (Å²) in [7, 11) is 0. The molecule has 16 heavy (non-hydrogen) atoms. The second-order valence-electron chi connectivity index (χ2n) is 4.00. The summed E-state index contributed by atoms with van der Waals surface area (Å²) in [5.74, 6) is 0. The predicted octanol–water partition coefficient (Wildman–Crippen LogP) is 3.04. The Morgan fingerprint density at radius 2 is 1.94 bits per heavy atom. The minimum Gasteiger partial charge on any atom is -0.386 e. The molecule has 1 atom stereocenters. The van der Waals surface area contributed by atoms with E-state index in [2.05, 4.69) is 36.2 Å². The first-order valence-electron chi connectivity index (χ1n) is 5.31. The van der Waals surface area contributed by atoms with Crippen molar-refractivity contribution in [3.8, 4) is 0 Å². The number of thiazole rings is 1. The Bertz CT molecular complexity index is 461. The van der Waals surface area contributed by atoms with Gasteiger partial charge < -0.3 is 5.11 Å². The summed E-state index contributed by atoms with van der Waals surface area (Å²) in [6, 6.07) is 8.23. The Kier molecular flexibility index (Phi) is 3.36. The molecule has 84 valence electrons. The van der Waals surface area contributed by atoms with Crippen LogP contribution in [0.1, 0.15) is 27.9 Å². The Balaban J connectivity index is 2.07. The molecule has 1 N–H and O–H groups in total. The quantitative estimate of drug-likeness (QED) is 0.884. The molecule has 2 aromatic rings. The third-order valence-corrected chi connectivity index (χ3v) is 3.32. The van der Waals surface area contributed by atoms with E-state index in [0.29, 0.717) is 6.42 Å². The number of aromatic nitrogens is 1. The number of rotatable bonds is 3. The van der Waals surface area contributed by atoms with Gasteiger partial charge in [0.2, 0.25) is 0 Å². The lowest BCUT2D eigenvalue weighted by molar-refractivity contribution is 0.174. The molecule has 0 aliphatic rings. The lowest BCUT2D eigenvalue weighted by Gasteiger charge is -2.07. The van der Waals surface area contributed by atoms with Gasteiger partial charge in [-0.15, -0.1) is 11.3 Å². The Morgan fingerprint density at radius 3 is 2.50 bits per heavy atom. The maximum Gasteiger partial charge on any atom is 0.101 e. The van der Waals surface area contributed by atoms with Gasteiger partial charge in [0.1, 0.15) is 6.10 Å². The van der Waals surface area contributed by atoms with Crippen molar-refractivity contribution in [1.82, 2.24) is 4.98 Å². The zero-order valence-corrected chi connectivity index (χ0v) is 10.3. The van der Waals surface area contributed by atoms with Crippen LogP contribution in [0.15, 0.2) is 29.6 Å². The third kappa shape index (κ3) is 2.68. The van der Waals surface area contributed by atoms with Crippen LogP contribution in [0.25, 0.3) is 0 Å². The highest BCUT2D eigenvalue weighted by molar-refractivity contribution is 7.09. The van der Waals surface area contributed by atoms with Gasteiger partial charge in [0.25, 0.3) is 0 Å². The van der Waals surface area contributed by atoms with Gasteiger partial charge in [-0.3, -0.25) is 0 Å². The molecule has 0 radical (unpaired) electrons. The molecule has 1 unspecified atom stereocenters. The minimum atomic E-state index is -0.493. The van der Waals surface area contributed by atoms with Crippen molar-refractivity contribution in [2.24, 2.45) is 0 Å². The second kappa shape index (κ2) is 4.76. The summed E-state index contributed by atoms with van der Waals surface area (Å²) in [6.45, 7) is 4.01. The first-order valence-corrected chi connectivity index (χ1v) is 6.19. The summed E-state index contributed by atoms with van der Waals surface area (Å²) < 4.78 is 0. The van der Waals surface area contributed by atoms with Crippen LogP contribution in [0.2, 0.25) is 0 Å². The van der Waals surface area contributed by atoms with Gasteiger partial charge in [0.15, 0.2) is 0 Å². The lowest BCUT2D eigenvalue weighted by Crippen LogP contribution is -2.02. The first kappa shape index (κ1) is 11.3. The first-order chi connectivity index (χ1) is 7.65. The van der Waals surface area contributed by atoms with Gasteiger partial charge in [0, 0.05) is 11.8 Å². The molecule has 3 heteroatoms. The predicted molar refractivity (Wildman–Crippen MR) is 66.7 cm³/mol. The van der Waals surface area contributed by atoms with Gasteiger partial charge in [0.05, 0.1) is 10.7 Å². The normalized spacial score (nSPS) is 12.7. The summed E-state index contributed by atoms with van der Waals surface area (Å²) in [5.41, 5.74) is 3.16. The van der Waals surface area contributed by atoms with E-state index in [1.165, 1.54) is 5.56 Å². The molecule has 0 saturated heterocycles. The summed E-state index contributed by atoms with van der Waals surface area (Å²) >= 11 is 1.57. The zero-order chi connectivity index (χ0) is 11.5. The van der Waals surface area contributed by atoms with E-state index in [1.807, 2.05) is 12.3 Å². The molecule has 0 amide bonds. The van der Waals surface area contributed by atoms with E-state index in [4.69, 9.17) is 0 Å². The fourth-order valence-electron chi connectivity index (χ4n) is 1.59. The van der Waals surface area contributed by atoms with E-state index in [1.54, 1.807) is 11.3 Å². The average Bonchev–Trinajstić information content (AvgIpc) is 2.68. The maximum atomic E-state index is 10.0. The van der Waals surface area contributed by atoms with Crippen LogP contribution >= 0.6 is 11.3 Å². The number of benzene rings is 1. The van der Waals surface area contributed by atoms with Crippen LogP contribution in [-0.4, -0.2) is 10.1 Å². The Labute approximate surface area is 99.6 Å². The summed E-state index contributed by atoms with van der Waals surface area (Å²) in [6.07, 6.45) is 0.136. The molecule has 0 fully saturated rings. The topological polar surface area (TPSA) is 33.1 Å². The van der Waals surface area contributed by atoms with Crippen LogP contribution < -0.4 is 0 Å². The molecule has 1 aromatic heterocycles. The molecule has 2 nitrogen and oxygen atoms in total. The lowest BCUT2D eigenvalue weighted by atomic mass is 10.1. The number of nitrogens with zero attached hydrogens (tertiary/aromatic N) is 1. The standard InChI is InChI=1S/C13H15NOS/c1-9-3-5-11(6-4-9)7-13(15)12-8-16-10(2)14-12/h3-6,8,13,15H,7H2,1-2H3. The second-order valence-corrected chi connectivity index (χ2v) is 5.06. The van der Waals surface area contributed by atoms with Crippen LogP contribution in [0.3, 0.4) is 0 Å². The SMILES string of the molecule is Cc1ccc(CC(O)c2csc(C)n2)cc1. The van der Waals surface area contributed by atoms with Crippen molar-refractivity contribution in [3.63, 3.8) is 0 Å². The van der Waals surface area contributed by atoms with Crippen LogP contribution in [0, 0.1) is 13.8 Å². The number of hydrogen-bond donors (Lipinski definition) is 1. The molecular weight excluding hydrogens is 218 g/mol. The minimum absolute atomic E-state index is 0.493. The Hall–Kier alpha value is -1.19. The molecule has 1 aromatic carbocycles. The highest BCUT2D eigenvalue weighted by atomic mass is 32.1.